The number of aromatic nitrogens is 1. The molecule has 0 amide bonds. The first kappa shape index (κ1) is 12.1. The average molecular weight is 247 g/mol. The number of rotatable bonds is 4. The lowest BCUT2D eigenvalue weighted by Crippen LogP contribution is -2.11. The number of pyridine rings is 1. The molecule has 2 nitrogen and oxygen atoms in total. The molecule has 0 atom stereocenters. The Hall–Kier alpha value is -1.38. The van der Waals surface area contributed by atoms with Crippen LogP contribution >= 0.6 is 11.6 Å². The van der Waals surface area contributed by atoms with Crippen LogP contribution in [0.25, 0.3) is 11.1 Å². The summed E-state index contributed by atoms with van der Waals surface area (Å²) in [4.78, 5) is 4.01. The third-order valence-corrected chi connectivity index (χ3v) is 2.98. The summed E-state index contributed by atoms with van der Waals surface area (Å²) in [5.41, 5.74) is 3.39. The van der Waals surface area contributed by atoms with E-state index >= 15 is 0 Å². The molecule has 0 aliphatic heterocycles. The highest BCUT2D eigenvalue weighted by atomic mass is 35.5. The summed E-state index contributed by atoms with van der Waals surface area (Å²) in [7, 11) is 0. The van der Waals surface area contributed by atoms with E-state index in [4.69, 9.17) is 11.6 Å². The molecular weight excluding hydrogens is 232 g/mol. The topological polar surface area (TPSA) is 24.9 Å². The van der Waals surface area contributed by atoms with Crippen LogP contribution in [-0.2, 0) is 6.54 Å². The molecular formula is C14H15ClN2. The maximum absolute atomic E-state index is 6.26. The first-order chi connectivity index (χ1) is 8.31. The van der Waals surface area contributed by atoms with Crippen molar-refractivity contribution in [2.24, 2.45) is 0 Å². The average Bonchev–Trinajstić information content (AvgIpc) is 2.38. The van der Waals surface area contributed by atoms with Gasteiger partial charge in [-0.15, -0.1) is 0 Å². The Balaban J connectivity index is 2.25. The van der Waals surface area contributed by atoms with Crippen LogP contribution in [-0.4, -0.2) is 11.5 Å². The second kappa shape index (κ2) is 5.80. The van der Waals surface area contributed by atoms with Crippen LogP contribution in [0.1, 0.15) is 12.5 Å². The van der Waals surface area contributed by atoms with E-state index < -0.39 is 0 Å². The second-order valence-corrected chi connectivity index (χ2v) is 4.23. The van der Waals surface area contributed by atoms with Crippen molar-refractivity contribution in [3.05, 3.63) is 53.3 Å². The van der Waals surface area contributed by atoms with E-state index in [1.165, 1.54) is 0 Å². The summed E-state index contributed by atoms with van der Waals surface area (Å²) in [6, 6.07) is 10.1. The molecule has 1 aromatic carbocycles. The standard InChI is InChI=1S/C14H15ClN2/c1-2-16-10-13-4-3-12(9-14(13)15)11-5-7-17-8-6-11/h3-9,16H,2,10H2,1H3. The molecule has 0 bridgehead atoms. The van der Waals surface area contributed by atoms with Gasteiger partial charge in [0, 0.05) is 24.0 Å². The van der Waals surface area contributed by atoms with Gasteiger partial charge in [0.05, 0.1) is 0 Å². The summed E-state index contributed by atoms with van der Waals surface area (Å²) >= 11 is 6.26. The Morgan fingerprint density at radius 3 is 2.53 bits per heavy atom. The maximum atomic E-state index is 6.26. The SMILES string of the molecule is CCNCc1ccc(-c2ccncc2)cc1Cl. The molecule has 0 aliphatic rings. The molecule has 1 aromatic heterocycles. The van der Waals surface area contributed by atoms with Crippen LogP contribution in [0.2, 0.25) is 5.02 Å². The minimum atomic E-state index is 0.806. The Kier molecular flexibility index (Phi) is 4.13. The van der Waals surface area contributed by atoms with Crippen molar-refractivity contribution in [3.8, 4) is 11.1 Å². The molecule has 0 fully saturated rings. The lowest BCUT2D eigenvalue weighted by molar-refractivity contribution is 0.727. The predicted molar refractivity (Wildman–Crippen MR) is 72.1 cm³/mol. The van der Waals surface area contributed by atoms with E-state index in [1.54, 1.807) is 12.4 Å². The number of nitrogens with one attached hydrogen (secondary N) is 1. The molecule has 0 aliphatic carbocycles. The molecule has 0 radical (unpaired) electrons. The van der Waals surface area contributed by atoms with E-state index in [0.717, 1.165) is 34.8 Å². The Bertz CT molecular complexity index is 483. The zero-order valence-electron chi connectivity index (χ0n) is 9.78. The summed E-state index contributed by atoms with van der Waals surface area (Å²) in [5, 5.41) is 4.08. The van der Waals surface area contributed by atoms with Gasteiger partial charge in [-0.25, -0.2) is 0 Å². The van der Waals surface area contributed by atoms with E-state index in [2.05, 4.69) is 29.4 Å². The number of hydrogen-bond donors (Lipinski definition) is 1. The highest BCUT2D eigenvalue weighted by molar-refractivity contribution is 6.31. The largest absolute Gasteiger partial charge is 0.313 e. The number of halogens is 1. The number of hydrogen-bond acceptors (Lipinski definition) is 2. The summed E-state index contributed by atoms with van der Waals surface area (Å²) in [5.74, 6) is 0. The first-order valence-electron chi connectivity index (χ1n) is 5.71. The van der Waals surface area contributed by atoms with Gasteiger partial charge in [-0.3, -0.25) is 4.98 Å². The van der Waals surface area contributed by atoms with Crippen molar-refractivity contribution in [1.82, 2.24) is 10.3 Å². The normalized spacial score (nSPS) is 10.5. The van der Waals surface area contributed by atoms with Gasteiger partial charge < -0.3 is 5.32 Å². The predicted octanol–water partition coefficient (Wildman–Crippen LogP) is 3.51. The van der Waals surface area contributed by atoms with Crippen LogP contribution in [0.3, 0.4) is 0 Å². The Morgan fingerprint density at radius 1 is 1.12 bits per heavy atom. The van der Waals surface area contributed by atoms with Crippen molar-refractivity contribution < 1.29 is 0 Å². The summed E-state index contributed by atoms with van der Waals surface area (Å²) < 4.78 is 0. The van der Waals surface area contributed by atoms with Gasteiger partial charge in [-0.2, -0.15) is 0 Å². The highest BCUT2D eigenvalue weighted by Gasteiger charge is 2.03. The lowest BCUT2D eigenvalue weighted by atomic mass is 10.1. The molecule has 0 saturated carbocycles. The molecule has 2 aromatic rings. The van der Waals surface area contributed by atoms with E-state index in [9.17, 15) is 0 Å². The van der Waals surface area contributed by atoms with Crippen LogP contribution in [0.5, 0.6) is 0 Å². The van der Waals surface area contributed by atoms with Gasteiger partial charge in [0.2, 0.25) is 0 Å². The fourth-order valence-corrected chi connectivity index (χ4v) is 1.92. The van der Waals surface area contributed by atoms with Gasteiger partial charge in [-0.05, 0) is 41.4 Å². The molecule has 1 N–H and O–H groups in total. The number of nitrogens with zero attached hydrogens (tertiary/aromatic N) is 1. The summed E-state index contributed by atoms with van der Waals surface area (Å²) in [6.07, 6.45) is 3.57. The van der Waals surface area contributed by atoms with E-state index in [1.807, 2.05) is 18.2 Å². The third kappa shape index (κ3) is 3.05. The molecule has 0 unspecified atom stereocenters. The monoisotopic (exact) mass is 246 g/mol. The second-order valence-electron chi connectivity index (χ2n) is 3.82. The molecule has 0 saturated heterocycles. The maximum Gasteiger partial charge on any atom is 0.0457 e. The van der Waals surface area contributed by atoms with E-state index in [-0.39, 0.29) is 0 Å². The first-order valence-corrected chi connectivity index (χ1v) is 6.08. The quantitative estimate of drug-likeness (QED) is 0.893. The van der Waals surface area contributed by atoms with Crippen molar-refractivity contribution in [1.29, 1.82) is 0 Å². The Labute approximate surface area is 107 Å². The highest BCUT2D eigenvalue weighted by Crippen LogP contribution is 2.25. The zero-order valence-corrected chi connectivity index (χ0v) is 10.5. The number of benzene rings is 1. The van der Waals surface area contributed by atoms with Crippen molar-refractivity contribution in [2.45, 2.75) is 13.5 Å². The third-order valence-electron chi connectivity index (χ3n) is 2.63. The molecule has 2 rings (SSSR count). The van der Waals surface area contributed by atoms with Crippen LogP contribution in [0.15, 0.2) is 42.7 Å². The van der Waals surface area contributed by atoms with Crippen LogP contribution < -0.4 is 5.32 Å². The van der Waals surface area contributed by atoms with Gasteiger partial charge in [0.15, 0.2) is 0 Å². The zero-order chi connectivity index (χ0) is 12.1. The lowest BCUT2D eigenvalue weighted by Gasteiger charge is -2.07. The summed E-state index contributed by atoms with van der Waals surface area (Å²) in [6.45, 7) is 3.84. The van der Waals surface area contributed by atoms with Crippen molar-refractivity contribution >= 4 is 11.6 Å². The van der Waals surface area contributed by atoms with Crippen LogP contribution in [0, 0.1) is 0 Å². The van der Waals surface area contributed by atoms with Gasteiger partial charge in [0.25, 0.3) is 0 Å². The minimum Gasteiger partial charge on any atom is -0.313 e. The van der Waals surface area contributed by atoms with Crippen LogP contribution in [0.4, 0.5) is 0 Å². The van der Waals surface area contributed by atoms with Gasteiger partial charge in [-0.1, -0.05) is 30.7 Å². The smallest absolute Gasteiger partial charge is 0.0457 e. The molecule has 17 heavy (non-hydrogen) atoms. The molecule has 1 heterocycles. The van der Waals surface area contributed by atoms with Gasteiger partial charge >= 0.3 is 0 Å². The van der Waals surface area contributed by atoms with Crippen molar-refractivity contribution in [3.63, 3.8) is 0 Å². The van der Waals surface area contributed by atoms with Gasteiger partial charge in [0.1, 0.15) is 0 Å². The fourth-order valence-electron chi connectivity index (χ4n) is 1.67. The van der Waals surface area contributed by atoms with Crippen molar-refractivity contribution in [2.75, 3.05) is 6.54 Å². The molecule has 88 valence electrons. The minimum absolute atomic E-state index is 0.806. The molecule has 3 heteroatoms. The Morgan fingerprint density at radius 2 is 1.88 bits per heavy atom. The fraction of sp³-hybridized carbons (Fsp3) is 0.214. The molecule has 0 spiro atoms. The van der Waals surface area contributed by atoms with E-state index in [0.29, 0.717) is 0 Å².